The summed E-state index contributed by atoms with van der Waals surface area (Å²) in [6.07, 6.45) is 3.46. The van der Waals surface area contributed by atoms with Gasteiger partial charge in [0.15, 0.2) is 10.4 Å². The van der Waals surface area contributed by atoms with Crippen molar-refractivity contribution >= 4 is 33.2 Å². The topological polar surface area (TPSA) is 68.0 Å². The lowest BCUT2D eigenvalue weighted by atomic mass is 10.3. The van der Waals surface area contributed by atoms with E-state index in [0.29, 0.717) is 11.2 Å². The number of pyridine rings is 1. The second-order valence-electron chi connectivity index (χ2n) is 4.17. The number of halogens is 1. The van der Waals surface area contributed by atoms with E-state index in [1.807, 2.05) is 17.5 Å². The zero-order chi connectivity index (χ0) is 14.7. The number of rotatable bonds is 4. The minimum Gasteiger partial charge on any atom is -0.444 e. The molecule has 0 aliphatic rings. The van der Waals surface area contributed by atoms with Gasteiger partial charge in [0.25, 0.3) is 5.91 Å². The van der Waals surface area contributed by atoms with Gasteiger partial charge in [0.2, 0.25) is 0 Å². The van der Waals surface area contributed by atoms with Gasteiger partial charge in [-0.25, -0.2) is 4.98 Å². The van der Waals surface area contributed by atoms with E-state index in [4.69, 9.17) is 4.42 Å². The quantitative estimate of drug-likeness (QED) is 0.770. The predicted octanol–water partition coefficient (Wildman–Crippen LogP) is 3.49. The summed E-state index contributed by atoms with van der Waals surface area (Å²) < 4.78 is 5.72. The smallest absolute Gasteiger partial charge is 0.287 e. The van der Waals surface area contributed by atoms with Gasteiger partial charge >= 0.3 is 0 Å². The van der Waals surface area contributed by atoms with E-state index in [2.05, 4.69) is 31.2 Å². The third kappa shape index (κ3) is 3.37. The van der Waals surface area contributed by atoms with Crippen LogP contribution in [0.4, 0.5) is 0 Å². The molecule has 0 spiro atoms. The van der Waals surface area contributed by atoms with Crippen molar-refractivity contribution in [2.24, 2.45) is 0 Å². The average Bonchev–Trinajstić information content (AvgIpc) is 3.15. The van der Waals surface area contributed by atoms with Crippen LogP contribution in [0.25, 0.3) is 10.6 Å². The number of hydrogen-bond donors (Lipinski definition) is 1. The molecule has 106 valence electrons. The molecule has 3 rings (SSSR count). The SMILES string of the molecule is O=C(NCc1csc(-c2ccncc2)n1)c1ccc(Br)o1. The Balaban J connectivity index is 1.64. The molecule has 0 saturated heterocycles. The van der Waals surface area contributed by atoms with Gasteiger partial charge in [0.1, 0.15) is 5.01 Å². The van der Waals surface area contributed by atoms with E-state index in [0.717, 1.165) is 16.3 Å². The third-order valence-corrected chi connectivity index (χ3v) is 4.07. The van der Waals surface area contributed by atoms with Gasteiger partial charge in [0, 0.05) is 23.3 Å². The molecule has 0 aromatic carbocycles. The van der Waals surface area contributed by atoms with Crippen LogP contribution < -0.4 is 5.32 Å². The summed E-state index contributed by atoms with van der Waals surface area (Å²) in [5.41, 5.74) is 1.83. The molecule has 0 aliphatic carbocycles. The molecule has 0 bridgehead atoms. The highest BCUT2D eigenvalue weighted by Gasteiger charge is 2.11. The van der Waals surface area contributed by atoms with Gasteiger partial charge in [-0.3, -0.25) is 9.78 Å². The number of thiazole rings is 1. The Morgan fingerprint density at radius 1 is 1.29 bits per heavy atom. The number of nitrogens with zero attached hydrogens (tertiary/aromatic N) is 2. The maximum absolute atomic E-state index is 11.8. The van der Waals surface area contributed by atoms with Crippen LogP contribution in [0, 0.1) is 0 Å². The van der Waals surface area contributed by atoms with Crippen molar-refractivity contribution in [2.45, 2.75) is 6.54 Å². The van der Waals surface area contributed by atoms with Crippen LogP contribution in [-0.2, 0) is 6.54 Å². The summed E-state index contributed by atoms with van der Waals surface area (Å²) in [4.78, 5) is 20.3. The Hall–Kier alpha value is -1.99. The predicted molar refractivity (Wildman–Crippen MR) is 82.9 cm³/mol. The van der Waals surface area contributed by atoms with Gasteiger partial charge in [-0.05, 0) is 40.2 Å². The van der Waals surface area contributed by atoms with Gasteiger partial charge in [-0.2, -0.15) is 0 Å². The molecule has 0 atom stereocenters. The summed E-state index contributed by atoms with van der Waals surface area (Å²) in [5.74, 6) is 0.00521. The lowest BCUT2D eigenvalue weighted by Gasteiger charge is -2.00. The molecule has 0 unspecified atom stereocenters. The highest BCUT2D eigenvalue weighted by molar-refractivity contribution is 9.10. The molecule has 3 heterocycles. The molecule has 3 aromatic rings. The van der Waals surface area contributed by atoms with Crippen molar-refractivity contribution in [3.05, 3.63) is 58.2 Å². The maximum Gasteiger partial charge on any atom is 0.287 e. The van der Waals surface area contributed by atoms with Crippen LogP contribution in [0.2, 0.25) is 0 Å². The Kier molecular flexibility index (Phi) is 4.12. The Morgan fingerprint density at radius 3 is 2.81 bits per heavy atom. The van der Waals surface area contributed by atoms with E-state index in [1.165, 1.54) is 11.3 Å². The zero-order valence-corrected chi connectivity index (χ0v) is 13.1. The van der Waals surface area contributed by atoms with Crippen LogP contribution in [0.15, 0.2) is 51.1 Å². The first-order valence-electron chi connectivity index (χ1n) is 6.11. The summed E-state index contributed by atoms with van der Waals surface area (Å²) >= 11 is 4.70. The van der Waals surface area contributed by atoms with Crippen LogP contribution in [0.5, 0.6) is 0 Å². The minimum atomic E-state index is -0.265. The fourth-order valence-corrected chi connectivity index (χ4v) is 2.84. The molecule has 1 amide bonds. The Morgan fingerprint density at radius 2 is 2.10 bits per heavy atom. The first-order chi connectivity index (χ1) is 10.2. The lowest BCUT2D eigenvalue weighted by molar-refractivity contribution is 0.0921. The molecule has 0 fully saturated rings. The number of carbonyl (C=O) groups is 1. The maximum atomic E-state index is 11.8. The number of hydrogen-bond acceptors (Lipinski definition) is 5. The number of amides is 1. The molecule has 1 N–H and O–H groups in total. The summed E-state index contributed by atoms with van der Waals surface area (Å²) in [6, 6.07) is 7.10. The molecular formula is C14H10BrN3O2S. The molecular weight excluding hydrogens is 354 g/mol. The molecule has 0 saturated carbocycles. The number of furan rings is 1. The van der Waals surface area contributed by atoms with E-state index in [9.17, 15) is 4.79 Å². The van der Waals surface area contributed by atoms with E-state index in [1.54, 1.807) is 24.5 Å². The second-order valence-corrected chi connectivity index (χ2v) is 5.81. The third-order valence-electron chi connectivity index (χ3n) is 2.71. The standard InChI is InChI=1S/C14H10BrN3O2S/c15-12-2-1-11(20-12)13(19)17-7-10-8-21-14(18-10)9-3-5-16-6-4-9/h1-6,8H,7H2,(H,17,19). The van der Waals surface area contributed by atoms with Crippen LogP contribution in [0.3, 0.4) is 0 Å². The van der Waals surface area contributed by atoms with Crippen LogP contribution in [0.1, 0.15) is 16.2 Å². The molecule has 21 heavy (non-hydrogen) atoms. The van der Waals surface area contributed by atoms with Crippen molar-refractivity contribution in [3.8, 4) is 10.6 Å². The van der Waals surface area contributed by atoms with Crippen LogP contribution >= 0.6 is 27.3 Å². The largest absolute Gasteiger partial charge is 0.444 e. The lowest BCUT2D eigenvalue weighted by Crippen LogP contribution is -2.22. The Bertz CT molecular complexity index is 754. The fourth-order valence-electron chi connectivity index (χ4n) is 1.71. The van der Waals surface area contributed by atoms with E-state index >= 15 is 0 Å². The van der Waals surface area contributed by atoms with Crippen molar-refractivity contribution < 1.29 is 9.21 Å². The van der Waals surface area contributed by atoms with Gasteiger partial charge in [0.05, 0.1) is 12.2 Å². The van der Waals surface area contributed by atoms with Crippen molar-refractivity contribution in [1.82, 2.24) is 15.3 Å². The fraction of sp³-hybridized carbons (Fsp3) is 0.0714. The molecule has 3 aromatic heterocycles. The number of carbonyl (C=O) groups excluding carboxylic acids is 1. The summed E-state index contributed by atoms with van der Waals surface area (Å²) in [6.45, 7) is 0.360. The second kappa shape index (κ2) is 6.19. The average molecular weight is 364 g/mol. The van der Waals surface area contributed by atoms with Crippen molar-refractivity contribution in [1.29, 1.82) is 0 Å². The van der Waals surface area contributed by atoms with Gasteiger partial charge in [-0.15, -0.1) is 11.3 Å². The summed E-state index contributed by atoms with van der Waals surface area (Å²) in [5, 5.41) is 5.60. The normalized spacial score (nSPS) is 10.5. The van der Waals surface area contributed by atoms with Gasteiger partial charge in [-0.1, -0.05) is 0 Å². The van der Waals surface area contributed by atoms with Gasteiger partial charge < -0.3 is 9.73 Å². The molecule has 0 aliphatic heterocycles. The molecule has 7 heteroatoms. The highest BCUT2D eigenvalue weighted by atomic mass is 79.9. The van der Waals surface area contributed by atoms with E-state index in [-0.39, 0.29) is 11.7 Å². The highest BCUT2D eigenvalue weighted by Crippen LogP contribution is 2.22. The minimum absolute atomic E-state index is 0.265. The first-order valence-corrected chi connectivity index (χ1v) is 7.78. The molecule has 5 nitrogen and oxygen atoms in total. The van der Waals surface area contributed by atoms with E-state index < -0.39 is 0 Å². The monoisotopic (exact) mass is 363 g/mol. The number of nitrogens with one attached hydrogen (secondary N) is 1. The van der Waals surface area contributed by atoms with Crippen LogP contribution in [-0.4, -0.2) is 15.9 Å². The number of aromatic nitrogens is 2. The molecule has 0 radical (unpaired) electrons. The Labute approximate surface area is 133 Å². The zero-order valence-electron chi connectivity index (χ0n) is 10.7. The van der Waals surface area contributed by atoms with Crippen molar-refractivity contribution in [2.75, 3.05) is 0 Å². The van der Waals surface area contributed by atoms with Crippen molar-refractivity contribution in [3.63, 3.8) is 0 Å². The summed E-state index contributed by atoms with van der Waals surface area (Å²) in [7, 11) is 0. The first kappa shape index (κ1) is 14.0.